The number of pyridine rings is 1. The highest BCUT2D eigenvalue weighted by molar-refractivity contribution is 6.30. The van der Waals surface area contributed by atoms with Crippen LogP contribution in [0.3, 0.4) is 0 Å². The number of benzene rings is 1. The first-order valence-corrected chi connectivity index (χ1v) is 8.47. The van der Waals surface area contributed by atoms with Crippen LogP contribution in [0.2, 0.25) is 5.02 Å². The maximum absolute atomic E-state index is 12.2. The zero-order valence-corrected chi connectivity index (χ0v) is 15.3. The van der Waals surface area contributed by atoms with Crippen LogP contribution in [0.5, 0.6) is 0 Å². The van der Waals surface area contributed by atoms with Crippen molar-refractivity contribution >= 4 is 23.3 Å². The van der Waals surface area contributed by atoms with Gasteiger partial charge in [-0.2, -0.15) is 5.10 Å². The Labute approximate surface area is 156 Å². The van der Waals surface area contributed by atoms with Crippen LogP contribution in [0, 0.1) is 0 Å². The molecule has 2 heterocycles. The number of hydrogen-bond donors (Lipinski definition) is 1. The summed E-state index contributed by atoms with van der Waals surface area (Å²) in [7, 11) is 1.91. The van der Waals surface area contributed by atoms with Crippen LogP contribution in [0.25, 0.3) is 5.69 Å². The molecule has 0 radical (unpaired) electrons. The van der Waals surface area contributed by atoms with Gasteiger partial charge in [-0.3, -0.25) is 9.69 Å². The van der Waals surface area contributed by atoms with Crippen molar-refractivity contribution in [2.45, 2.75) is 13.0 Å². The van der Waals surface area contributed by atoms with E-state index in [0.29, 0.717) is 10.8 Å². The van der Waals surface area contributed by atoms with Gasteiger partial charge in [0.2, 0.25) is 5.91 Å². The first-order chi connectivity index (χ1) is 12.5. The number of halogens is 1. The highest BCUT2D eigenvalue weighted by Gasteiger charge is 2.15. The predicted molar refractivity (Wildman–Crippen MR) is 100 cm³/mol. The molecule has 0 aliphatic carbocycles. The Kier molecular flexibility index (Phi) is 5.60. The molecule has 1 unspecified atom stereocenters. The molecule has 134 valence electrons. The van der Waals surface area contributed by atoms with E-state index in [0.717, 1.165) is 11.3 Å². The van der Waals surface area contributed by atoms with Gasteiger partial charge in [-0.25, -0.2) is 14.6 Å². The van der Waals surface area contributed by atoms with E-state index in [4.69, 9.17) is 11.6 Å². The lowest BCUT2D eigenvalue weighted by molar-refractivity contribution is -0.117. The fraction of sp³-hybridized carbons (Fsp3) is 0.222. The molecule has 3 rings (SSSR count). The second-order valence-corrected chi connectivity index (χ2v) is 6.37. The Morgan fingerprint density at radius 1 is 1.27 bits per heavy atom. The molecule has 1 amide bonds. The van der Waals surface area contributed by atoms with Gasteiger partial charge in [0.05, 0.1) is 17.3 Å². The summed E-state index contributed by atoms with van der Waals surface area (Å²) in [5.74, 6) is 0.353. The van der Waals surface area contributed by atoms with Crippen molar-refractivity contribution in [1.82, 2.24) is 24.6 Å². The van der Waals surface area contributed by atoms with Gasteiger partial charge in [0.1, 0.15) is 18.5 Å². The number of rotatable bonds is 6. The topological polar surface area (TPSA) is 75.9 Å². The van der Waals surface area contributed by atoms with Crippen molar-refractivity contribution in [3.05, 3.63) is 65.8 Å². The molecule has 7 nitrogen and oxygen atoms in total. The van der Waals surface area contributed by atoms with Crippen molar-refractivity contribution in [3.63, 3.8) is 0 Å². The summed E-state index contributed by atoms with van der Waals surface area (Å²) in [5.41, 5.74) is 2.04. The minimum absolute atomic E-state index is 0.0729. The molecule has 3 aromatic rings. The van der Waals surface area contributed by atoms with E-state index in [1.54, 1.807) is 23.1 Å². The zero-order chi connectivity index (χ0) is 18.5. The summed E-state index contributed by atoms with van der Waals surface area (Å²) < 4.78 is 1.70. The van der Waals surface area contributed by atoms with Gasteiger partial charge in [0.25, 0.3) is 0 Å². The molecule has 0 aliphatic heterocycles. The third-order valence-electron chi connectivity index (χ3n) is 4.11. The van der Waals surface area contributed by atoms with Gasteiger partial charge in [-0.15, -0.1) is 0 Å². The summed E-state index contributed by atoms with van der Waals surface area (Å²) >= 11 is 5.79. The van der Waals surface area contributed by atoms with Crippen LogP contribution < -0.4 is 5.32 Å². The van der Waals surface area contributed by atoms with E-state index in [9.17, 15) is 4.79 Å². The van der Waals surface area contributed by atoms with Crippen LogP contribution in [0.1, 0.15) is 18.5 Å². The molecule has 1 aromatic carbocycles. The molecule has 0 spiro atoms. The third-order valence-corrected chi connectivity index (χ3v) is 4.33. The van der Waals surface area contributed by atoms with Gasteiger partial charge in [0, 0.05) is 12.2 Å². The number of amides is 1. The Balaban J connectivity index is 1.59. The minimum Gasteiger partial charge on any atom is -0.310 e. The standard InChI is InChI=1S/C18H19ClN6O/c1-13(14-3-6-16(7-4-14)25-12-20-11-22-25)24(2)10-18(26)23-17-8-5-15(19)9-21-17/h3-9,11-13H,10H2,1-2H3,(H,21,23,26). The van der Waals surface area contributed by atoms with Gasteiger partial charge in [-0.05, 0) is 43.8 Å². The highest BCUT2D eigenvalue weighted by atomic mass is 35.5. The predicted octanol–water partition coefficient (Wildman–Crippen LogP) is 2.95. The molecular formula is C18H19ClN6O. The fourth-order valence-corrected chi connectivity index (χ4v) is 2.61. The monoisotopic (exact) mass is 370 g/mol. The Hall–Kier alpha value is -2.77. The molecule has 2 aromatic heterocycles. The first-order valence-electron chi connectivity index (χ1n) is 8.09. The molecule has 0 aliphatic rings. The Morgan fingerprint density at radius 2 is 2.04 bits per heavy atom. The molecule has 8 heteroatoms. The van der Waals surface area contributed by atoms with E-state index in [-0.39, 0.29) is 18.5 Å². The van der Waals surface area contributed by atoms with Crippen molar-refractivity contribution in [1.29, 1.82) is 0 Å². The van der Waals surface area contributed by atoms with Crippen molar-refractivity contribution in [2.24, 2.45) is 0 Å². The van der Waals surface area contributed by atoms with Crippen LogP contribution >= 0.6 is 11.6 Å². The van der Waals surface area contributed by atoms with Gasteiger partial charge in [0.15, 0.2) is 0 Å². The minimum atomic E-state index is -0.131. The number of carbonyl (C=O) groups is 1. The first kappa shape index (κ1) is 18.0. The number of hydrogen-bond acceptors (Lipinski definition) is 5. The smallest absolute Gasteiger partial charge is 0.239 e. The second-order valence-electron chi connectivity index (χ2n) is 5.93. The lowest BCUT2D eigenvalue weighted by Crippen LogP contribution is -2.32. The molecular weight excluding hydrogens is 352 g/mol. The quantitative estimate of drug-likeness (QED) is 0.722. The second kappa shape index (κ2) is 8.07. The summed E-state index contributed by atoms with van der Waals surface area (Å²) in [6, 6.07) is 11.4. The number of nitrogens with zero attached hydrogens (tertiary/aromatic N) is 5. The number of likely N-dealkylation sites (N-methyl/N-ethyl adjacent to an activating group) is 1. The average Bonchev–Trinajstić information content (AvgIpc) is 3.18. The van der Waals surface area contributed by atoms with E-state index in [2.05, 4.69) is 27.3 Å². The summed E-state index contributed by atoms with van der Waals surface area (Å²) in [6.07, 6.45) is 4.65. The molecule has 0 saturated carbocycles. The zero-order valence-electron chi connectivity index (χ0n) is 14.5. The normalized spacial score (nSPS) is 12.2. The van der Waals surface area contributed by atoms with Crippen molar-refractivity contribution in [2.75, 3.05) is 18.9 Å². The lowest BCUT2D eigenvalue weighted by atomic mass is 10.1. The number of carbonyl (C=O) groups excluding carboxylic acids is 1. The van der Waals surface area contributed by atoms with Crippen LogP contribution in [0.4, 0.5) is 5.82 Å². The van der Waals surface area contributed by atoms with Crippen LogP contribution in [0.15, 0.2) is 55.2 Å². The molecule has 0 saturated heterocycles. The van der Waals surface area contributed by atoms with Gasteiger partial charge < -0.3 is 5.32 Å². The largest absolute Gasteiger partial charge is 0.310 e. The van der Waals surface area contributed by atoms with Crippen LogP contribution in [-0.4, -0.2) is 44.1 Å². The van der Waals surface area contributed by atoms with E-state index in [1.165, 1.54) is 12.5 Å². The molecule has 1 atom stereocenters. The summed E-state index contributed by atoms with van der Waals surface area (Å²) in [4.78, 5) is 22.2. The van der Waals surface area contributed by atoms with E-state index in [1.807, 2.05) is 36.2 Å². The average molecular weight is 371 g/mol. The van der Waals surface area contributed by atoms with E-state index < -0.39 is 0 Å². The fourth-order valence-electron chi connectivity index (χ4n) is 2.50. The maximum Gasteiger partial charge on any atom is 0.239 e. The summed E-state index contributed by atoms with van der Waals surface area (Å²) in [5, 5.41) is 7.40. The highest BCUT2D eigenvalue weighted by Crippen LogP contribution is 2.20. The molecule has 26 heavy (non-hydrogen) atoms. The van der Waals surface area contributed by atoms with E-state index >= 15 is 0 Å². The molecule has 1 N–H and O–H groups in total. The van der Waals surface area contributed by atoms with Gasteiger partial charge >= 0.3 is 0 Å². The Bertz CT molecular complexity index is 848. The maximum atomic E-state index is 12.2. The van der Waals surface area contributed by atoms with Crippen molar-refractivity contribution in [3.8, 4) is 5.69 Å². The SMILES string of the molecule is CC(c1ccc(-n2cncn2)cc1)N(C)CC(=O)Nc1ccc(Cl)cn1. The van der Waals surface area contributed by atoms with Crippen molar-refractivity contribution < 1.29 is 4.79 Å². The Morgan fingerprint density at radius 3 is 2.65 bits per heavy atom. The molecule has 0 fully saturated rings. The number of aromatic nitrogens is 4. The van der Waals surface area contributed by atoms with Gasteiger partial charge in [-0.1, -0.05) is 23.7 Å². The van der Waals surface area contributed by atoms with Crippen LogP contribution in [-0.2, 0) is 4.79 Å². The summed E-state index contributed by atoms with van der Waals surface area (Å²) in [6.45, 7) is 2.30. The third kappa shape index (κ3) is 4.44. The number of nitrogens with one attached hydrogen (secondary N) is 1. The number of anilines is 1. The lowest BCUT2D eigenvalue weighted by Gasteiger charge is -2.24. The molecule has 0 bridgehead atoms.